The van der Waals surface area contributed by atoms with Crippen LogP contribution in [0, 0.1) is 0 Å². The summed E-state index contributed by atoms with van der Waals surface area (Å²) in [5, 5.41) is 11.7. The zero-order valence-corrected chi connectivity index (χ0v) is 7.11. The first-order valence-corrected chi connectivity index (χ1v) is 4.40. The molecular weight excluding hydrogens is 144 g/mol. The lowest BCUT2D eigenvalue weighted by Gasteiger charge is -2.04. The Labute approximate surface area is 65.3 Å². The van der Waals surface area contributed by atoms with Crippen LogP contribution < -0.4 is 0 Å². The first-order chi connectivity index (χ1) is 4.75. The maximum atomic E-state index is 9.27. The molecule has 0 bridgehead atoms. The Morgan fingerprint density at radius 1 is 1.70 bits per heavy atom. The van der Waals surface area contributed by atoms with Crippen molar-refractivity contribution in [3.8, 4) is 5.06 Å². The fourth-order valence-electron chi connectivity index (χ4n) is 0.906. The van der Waals surface area contributed by atoms with Gasteiger partial charge in [0.15, 0.2) is 5.06 Å². The van der Waals surface area contributed by atoms with E-state index in [1.54, 1.807) is 0 Å². The predicted octanol–water partition coefficient (Wildman–Crippen LogP) is 2.97. The molecule has 1 rings (SSSR count). The Kier molecular flexibility index (Phi) is 2.33. The first-order valence-electron chi connectivity index (χ1n) is 3.52. The van der Waals surface area contributed by atoms with Gasteiger partial charge in [0.1, 0.15) is 0 Å². The van der Waals surface area contributed by atoms with Crippen LogP contribution in [0.15, 0.2) is 11.4 Å². The van der Waals surface area contributed by atoms with Gasteiger partial charge in [0.2, 0.25) is 0 Å². The highest BCUT2D eigenvalue weighted by Crippen LogP contribution is 2.32. The molecule has 2 heteroatoms. The van der Waals surface area contributed by atoms with Crippen molar-refractivity contribution in [2.45, 2.75) is 26.2 Å². The smallest absolute Gasteiger partial charge is 0.174 e. The molecule has 1 heterocycles. The van der Waals surface area contributed by atoms with Gasteiger partial charge in [-0.15, -0.1) is 11.3 Å². The first kappa shape index (κ1) is 7.61. The molecule has 10 heavy (non-hydrogen) atoms. The highest BCUT2D eigenvalue weighted by molar-refractivity contribution is 7.11. The second-order valence-corrected chi connectivity index (χ2v) is 3.38. The van der Waals surface area contributed by atoms with Crippen LogP contribution in [0.5, 0.6) is 5.06 Å². The van der Waals surface area contributed by atoms with Crippen molar-refractivity contribution in [2.75, 3.05) is 0 Å². The molecule has 0 spiro atoms. The molecule has 0 aliphatic rings. The van der Waals surface area contributed by atoms with Crippen LogP contribution in [0.4, 0.5) is 0 Å². The molecule has 1 aromatic heterocycles. The summed E-state index contributed by atoms with van der Waals surface area (Å²) in [5.41, 5.74) is 1.09. The second kappa shape index (κ2) is 3.06. The van der Waals surface area contributed by atoms with Crippen LogP contribution >= 0.6 is 11.3 Å². The predicted molar refractivity (Wildman–Crippen MR) is 44.7 cm³/mol. The summed E-state index contributed by atoms with van der Waals surface area (Å²) in [6.07, 6.45) is 1.09. The van der Waals surface area contributed by atoms with Gasteiger partial charge >= 0.3 is 0 Å². The summed E-state index contributed by atoms with van der Waals surface area (Å²) >= 11 is 1.40. The van der Waals surface area contributed by atoms with Gasteiger partial charge < -0.3 is 5.11 Å². The summed E-state index contributed by atoms with van der Waals surface area (Å²) in [7, 11) is 0. The molecule has 1 N–H and O–H groups in total. The highest BCUT2D eigenvalue weighted by atomic mass is 32.1. The standard InChI is InChI=1S/C8H12OS/c1-3-6(2)7-4-5-10-8(7)9/h4-6,9H,3H2,1-2H3. The minimum absolute atomic E-state index is 0.481. The molecule has 1 aromatic rings. The molecule has 0 amide bonds. The molecule has 0 aromatic carbocycles. The normalized spacial score (nSPS) is 13.4. The average molecular weight is 156 g/mol. The SMILES string of the molecule is CCC(C)c1ccsc1O. The maximum Gasteiger partial charge on any atom is 0.174 e. The minimum Gasteiger partial charge on any atom is -0.499 e. The Bertz CT molecular complexity index is 205. The fourth-order valence-corrected chi connectivity index (χ4v) is 1.65. The Morgan fingerprint density at radius 3 is 2.80 bits per heavy atom. The summed E-state index contributed by atoms with van der Waals surface area (Å²) in [6, 6.07) is 1.99. The highest BCUT2D eigenvalue weighted by Gasteiger charge is 2.07. The molecule has 0 radical (unpaired) electrons. The quantitative estimate of drug-likeness (QED) is 0.698. The van der Waals surface area contributed by atoms with Gasteiger partial charge in [-0.05, 0) is 23.8 Å². The molecule has 0 fully saturated rings. The van der Waals surface area contributed by atoms with Crippen molar-refractivity contribution >= 4 is 11.3 Å². The van der Waals surface area contributed by atoms with E-state index >= 15 is 0 Å². The third-order valence-corrected chi connectivity index (χ3v) is 2.55. The van der Waals surface area contributed by atoms with E-state index < -0.39 is 0 Å². The molecule has 1 unspecified atom stereocenters. The summed E-state index contributed by atoms with van der Waals surface area (Å²) in [4.78, 5) is 0. The van der Waals surface area contributed by atoms with Gasteiger partial charge in [-0.3, -0.25) is 0 Å². The van der Waals surface area contributed by atoms with E-state index in [2.05, 4.69) is 13.8 Å². The van der Waals surface area contributed by atoms with Gasteiger partial charge in [0.25, 0.3) is 0 Å². The third kappa shape index (κ3) is 1.32. The summed E-state index contributed by atoms with van der Waals surface area (Å²) < 4.78 is 0. The molecule has 1 nitrogen and oxygen atoms in total. The lowest BCUT2D eigenvalue weighted by Crippen LogP contribution is -1.87. The number of rotatable bonds is 2. The molecule has 0 saturated carbocycles. The number of hydrogen-bond acceptors (Lipinski definition) is 2. The number of aromatic hydroxyl groups is 1. The van der Waals surface area contributed by atoms with E-state index in [-0.39, 0.29) is 0 Å². The van der Waals surface area contributed by atoms with Crippen LogP contribution in [0.3, 0.4) is 0 Å². The maximum absolute atomic E-state index is 9.27. The van der Waals surface area contributed by atoms with Crippen molar-refractivity contribution in [3.05, 3.63) is 17.0 Å². The van der Waals surface area contributed by atoms with Gasteiger partial charge in [-0.2, -0.15) is 0 Å². The summed E-state index contributed by atoms with van der Waals surface area (Å²) in [5.74, 6) is 0.492. The molecular formula is C8H12OS. The zero-order chi connectivity index (χ0) is 7.56. The van der Waals surface area contributed by atoms with Crippen molar-refractivity contribution in [2.24, 2.45) is 0 Å². The van der Waals surface area contributed by atoms with Crippen LogP contribution in [0.1, 0.15) is 31.7 Å². The lowest BCUT2D eigenvalue weighted by molar-refractivity contribution is 0.478. The van der Waals surface area contributed by atoms with Crippen LogP contribution in [-0.2, 0) is 0 Å². The molecule has 0 aliphatic carbocycles. The monoisotopic (exact) mass is 156 g/mol. The molecule has 0 aliphatic heterocycles. The number of hydrogen-bond donors (Lipinski definition) is 1. The average Bonchev–Trinajstić information content (AvgIpc) is 2.34. The molecule has 56 valence electrons. The minimum atomic E-state index is 0.481. The Balaban J connectivity index is 2.82. The van der Waals surface area contributed by atoms with E-state index in [9.17, 15) is 5.11 Å². The second-order valence-electron chi connectivity index (χ2n) is 2.49. The van der Waals surface area contributed by atoms with Gasteiger partial charge in [0.05, 0.1) is 0 Å². The Morgan fingerprint density at radius 2 is 2.40 bits per heavy atom. The van der Waals surface area contributed by atoms with Gasteiger partial charge in [0, 0.05) is 5.56 Å². The zero-order valence-electron chi connectivity index (χ0n) is 6.29. The van der Waals surface area contributed by atoms with E-state index in [1.165, 1.54) is 11.3 Å². The van der Waals surface area contributed by atoms with Crippen molar-refractivity contribution < 1.29 is 5.11 Å². The molecule has 0 saturated heterocycles. The van der Waals surface area contributed by atoms with Crippen LogP contribution in [0.25, 0.3) is 0 Å². The van der Waals surface area contributed by atoms with Crippen molar-refractivity contribution in [1.29, 1.82) is 0 Å². The van der Waals surface area contributed by atoms with E-state index in [4.69, 9.17) is 0 Å². The van der Waals surface area contributed by atoms with E-state index in [0.717, 1.165) is 12.0 Å². The van der Waals surface area contributed by atoms with Crippen LogP contribution in [-0.4, -0.2) is 5.11 Å². The lowest BCUT2D eigenvalue weighted by atomic mass is 10.0. The van der Waals surface area contributed by atoms with Gasteiger partial charge in [-0.1, -0.05) is 13.8 Å². The topological polar surface area (TPSA) is 20.2 Å². The van der Waals surface area contributed by atoms with Crippen molar-refractivity contribution in [1.82, 2.24) is 0 Å². The Hall–Kier alpha value is -0.500. The third-order valence-electron chi connectivity index (χ3n) is 1.82. The fraction of sp³-hybridized carbons (Fsp3) is 0.500. The van der Waals surface area contributed by atoms with Gasteiger partial charge in [-0.25, -0.2) is 0 Å². The summed E-state index contributed by atoms with van der Waals surface area (Å²) in [6.45, 7) is 4.25. The number of thiophene rings is 1. The van der Waals surface area contributed by atoms with Crippen molar-refractivity contribution in [3.63, 3.8) is 0 Å². The van der Waals surface area contributed by atoms with E-state index in [1.807, 2.05) is 11.4 Å². The molecule has 1 atom stereocenters. The van der Waals surface area contributed by atoms with E-state index in [0.29, 0.717) is 11.0 Å². The largest absolute Gasteiger partial charge is 0.499 e. The van der Waals surface area contributed by atoms with Crippen LogP contribution in [0.2, 0.25) is 0 Å².